The lowest BCUT2D eigenvalue weighted by atomic mass is 9.83. The third kappa shape index (κ3) is 2.13. The normalized spacial score (nSPS) is 34.9. The first-order chi connectivity index (χ1) is 10.2. The van der Waals surface area contributed by atoms with Crippen molar-refractivity contribution in [2.45, 2.75) is 43.3 Å². The highest BCUT2D eigenvalue weighted by Crippen LogP contribution is 2.41. The molecule has 1 N–H and O–H groups in total. The molecule has 2 unspecified atom stereocenters. The minimum atomic E-state index is 0.191. The van der Waals surface area contributed by atoms with Crippen LogP contribution in [0.2, 0.25) is 0 Å². The molecule has 0 aliphatic carbocycles. The van der Waals surface area contributed by atoms with E-state index >= 15 is 0 Å². The van der Waals surface area contributed by atoms with Crippen molar-refractivity contribution in [1.82, 2.24) is 10.2 Å². The Morgan fingerprint density at radius 2 is 2.05 bits per heavy atom. The van der Waals surface area contributed by atoms with E-state index in [2.05, 4.69) is 29.4 Å². The summed E-state index contributed by atoms with van der Waals surface area (Å²) < 4.78 is 5.32. The van der Waals surface area contributed by atoms with Gasteiger partial charge in [-0.3, -0.25) is 4.99 Å². The van der Waals surface area contributed by atoms with Crippen LogP contribution in [0, 0.1) is 0 Å². The van der Waals surface area contributed by atoms with Gasteiger partial charge in [-0.25, -0.2) is 0 Å². The van der Waals surface area contributed by atoms with Gasteiger partial charge >= 0.3 is 0 Å². The molecule has 0 saturated carbocycles. The number of nitrogens with zero attached hydrogens (tertiary/aromatic N) is 2. The highest BCUT2D eigenvalue weighted by molar-refractivity contribution is 6.00. The lowest BCUT2D eigenvalue weighted by Gasteiger charge is -2.43. The molecule has 3 aliphatic heterocycles. The lowest BCUT2D eigenvalue weighted by Crippen LogP contribution is -2.57. The molecule has 2 bridgehead atoms. The van der Waals surface area contributed by atoms with Gasteiger partial charge < -0.3 is 15.0 Å². The van der Waals surface area contributed by atoms with Crippen molar-refractivity contribution in [1.29, 1.82) is 0 Å². The molecule has 1 aromatic rings. The average Bonchev–Trinajstić information content (AvgIpc) is 2.99. The Bertz CT molecular complexity index is 569. The SMILES string of the molecule is COc1cccc(C2=NCC3(CC4CCC(C3)N4C)N2)c1. The predicted molar refractivity (Wildman–Crippen MR) is 84.1 cm³/mol. The number of piperidine rings is 1. The van der Waals surface area contributed by atoms with Crippen LogP contribution in [0.25, 0.3) is 0 Å². The van der Waals surface area contributed by atoms with Crippen molar-refractivity contribution in [3.05, 3.63) is 29.8 Å². The molecule has 1 spiro atoms. The summed E-state index contributed by atoms with van der Waals surface area (Å²) >= 11 is 0. The molecule has 0 aromatic heterocycles. The number of methoxy groups -OCH3 is 1. The van der Waals surface area contributed by atoms with E-state index in [0.717, 1.165) is 35.8 Å². The van der Waals surface area contributed by atoms with Gasteiger partial charge in [0.25, 0.3) is 0 Å². The van der Waals surface area contributed by atoms with Gasteiger partial charge in [-0.05, 0) is 44.9 Å². The van der Waals surface area contributed by atoms with Crippen molar-refractivity contribution in [3.63, 3.8) is 0 Å². The zero-order chi connectivity index (χ0) is 14.4. The third-order valence-electron chi connectivity index (χ3n) is 5.50. The van der Waals surface area contributed by atoms with Crippen LogP contribution in [-0.4, -0.2) is 49.1 Å². The summed E-state index contributed by atoms with van der Waals surface area (Å²) in [5, 5.41) is 3.76. The van der Waals surface area contributed by atoms with E-state index < -0.39 is 0 Å². The fraction of sp³-hybridized carbons (Fsp3) is 0.588. The summed E-state index contributed by atoms with van der Waals surface area (Å²) in [6, 6.07) is 9.64. The number of fused-ring (bicyclic) bond motifs is 2. The molecule has 0 amide bonds. The van der Waals surface area contributed by atoms with E-state index in [1.54, 1.807) is 7.11 Å². The number of ether oxygens (including phenoxy) is 1. The molecule has 4 rings (SSSR count). The molecule has 3 heterocycles. The lowest BCUT2D eigenvalue weighted by molar-refractivity contribution is 0.111. The molecule has 4 heteroatoms. The maximum Gasteiger partial charge on any atom is 0.128 e. The first-order valence-electron chi connectivity index (χ1n) is 7.88. The number of hydrogen-bond acceptors (Lipinski definition) is 4. The van der Waals surface area contributed by atoms with Crippen molar-refractivity contribution in [2.24, 2.45) is 4.99 Å². The molecule has 4 nitrogen and oxygen atoms in total. The standard InChI is InChI=1S/C17H23N3O/c1-20-13-6-7-14(20)10-17(9-13)11-18-16(19-17)12-4-3-5-15(8-12)21-2/h3-5,8,13-14H,6-7,9-11H2,1-2H3,(H,18,19). The molecule has 3 aliphatic rings. The molecule has 21 heavy (non-hydrogen) atoms. The fourth-order valence-electron chi connectivity index (χ4n) is 4.29. The maximum absolute atomic E-state index is 5.32. The van der Waals surface area contributed by atoms with Gasteiger partial charge in [0.15, 0.2) is 0 Å². The van der Waals surface area contributed by atoms with Crippen LogP contribution in [0.15, 0.2) is 29.3 Å². The number of amidine groups is 1. The van der Waals surface area contributed by atoms with Gasteiger partial charge in [0.2, 0.25) is 0 Å². The van der Waals surface area contributed by atoms with Crippen molar-refractivity contribution < 1.29 is 4.74 Å². The molecule has 112 valence electrons. The van der Waals surface area contributed by atoms with Crippen LogP contribution in [0.3, 0.4) is 0 Å². The molecule has 2 saturated heterocycles. The van der Waals surface area contributed by atoms with E-state index in [4.69, 9.17) is 9.73 Å². The minimum Gasteiger partial charge on any atom is -0.497 e. The zero-order valence-electron chi connectivity index (χ0n) is 12.8. The largest absolute Gasteiger partial charge is 0.497 e. The molecular weight excluding hydrogens is 262 g/mol. The van der Waals surface area contributed by atoms with Crippen molar-refractivity contribution in [2.75, 3.05) is 20.7 Å². The van der Waals surface area contributed by atoms with Crippen LogP contribution in [0.1, 0.15) is 31.2 Å². The second-order valence-corrected chi connectivity index (χ2v) is 6.76. The van der Waals surface area contributed by atoms with Gasteiger partial charge in [0.05, 0.1) is 19.2 Å². The van der Waals surface area contributed by atoms with Crippen LogP contribution in [0.4, 0.5) is 0 Å². The van der Waals surface area contributed by atoms with Gasteiger partial charge in [-0.15, -0.1) is 0 Å². The third-order valence-corrected chi connectivity index (χ3v) is 5.50. The molecular formula is C17H23N3O. The quantitative estimate of drug-likeness (QED) is 0.903. The Morgan fingerprint density at radius 1 is 1.29 bits per heavy atom. The molecule has 0 radical (unpaired) electrons. The van der Waals surface area contributed by atoms with Crippen LogP contribution >= 0.6 is 0 Å². The Hall–Kier alpha value is -1.55. The van der Waals surface area contributed by atoms with Crippen LogP contribution in [0.5, 0.6) is 5.75 Å². The minimum absolute atomic E-state index is 0.191. The Kier molecular flexibility index (Phi) is 2.96. The van der Waals surface area contributed by atoms with Crippen LogP contribution in [-0.2, 0) is 0 Å². The number of rotatable bonds is 2. The molecule has 2 fully saturated rings. The van der Waals surface area contributed by atoms with Gasteiger partial charge in [-0.2, -0.15) is 0 Å². The summed E-state index contributed by atoms with van der Waals surface area (Å²) in [6.07, 6.45) is 5.13. The van der Waals surface area contributed by atoms with Crippen molar-refractivity contribution >= 4 is 5.84 Å². The van der Waals surface area contributed by atoms with Gasteiger partial charge in [0.1, 0.15) is 11.6 Å². The number of benzene rings is 1. The summed E-state index contributed by atoms with van der Waals surface area (Å²) in [5.74, 6) is 1.93. The van der Waals surface area contributed by atoms with Gasteiger partial charge in [0, 0.05) is 17.6 Å². The van der Waals surface area contributed by atoms with E-state index in [1.807, 2.05) is 12.1 Å². The Morgan fingerprint density at radius 3 is 2.76 bits per heavy atom. The Labute approximate surface area is 126 Å². The first-order valence-corrected chi connectivity index (χ1v) is 7.88. The summed E-state index contributed by atoms with van der Waals surface area (Å²) in [7, 11) is 3.99. The Balaban J connectivity index is 1.54. The highest BCUT2D eigenvalue weighted by Gasteiger charge is 2.48. The zero-order valence-corrected chi connectivity index (χ0v) is 12.8. The maximum atomic E-state index is 5.32. The predicted octanol–water partition coefficient (Wildman–Crippen LogP) is 2.04. The topological polar surface area (TPSA) is 36.9 Å². The number of aliphatic imine (C=N–C) groups is 1. The summed E-state index contributed by atoms with van der Waals surface area (Å²) in [5.41, 5.74) is 1.33. The highest BCUT2D eigenvalue weighted by atomic mass is 16.5. The van der Waals surface area contributed by atoms with E-state index in [9.17, 15) is 0 Å². The fourth-order valence-corrected chi connectivity index (χ4v) is 4.29. The number of hydrogen-bond donors (Lipinski definition) is 1. The van der Waals surface area contributed by atoms with E-state index in [-0.39, 0.29) is 5.54 Å². The second kappa shape index (κ2) is 4.73. The summed E-state index contributed by atoms with van der Waals surface area (Å²) in [6.45, 7) is 0.917. The monoisotopic (exact) mass is 285 g/mol. The summed E-state index contributed by atoms with van der Waals surface area (Å²) in [4.78, 5) is 7.39. The van der Waals surface area contributed by atoms with Crippen molar-refractivity contribution in [3.8, 4) is 5.75 Å². The van der Waals surface area contributed by atoms with E-state index in [1.165, 1.54) is 25.7 Å². The van der Waals surface area contributed by atoms with Gasteiger partial charge in [-0.1, -0.05) is 12.1 Å². The first kappa shape index (κ1) is 13.1. The number of nitrogens with one attached hydrogen (secondary N) is 1. The van der Waals surface area contributed by atoms with Crippen LogP contribution < -0.4 is 10.1 Å². The smallest absolute Gasteiger partial charge is 0.128 e. The molecule has 1 aromatic carbocycles. The van der Waals surface area contributed by atoms with E-state index in [0.29, 0.717) is 0 Å². The average molecular weight is 285 g/mol. The molecule has 2 atom stereocenters. The second-order valence-electron chi connectivity index (χ2n) is 6.76.